The van der Waals surface area contributed by atoms with E-state index in [0.717, 1.165) is 23.0 Å². The van der Waals surface area contributed by atoms with Gasteiger partial charge in [-0.15, -0.1) is 0 Å². The third-order valence-electron chi connectivity index (χ3n) is 7.75. The van der Waals surface area contributed by atoms with Gasteiger partial charge in [-0.1, -0.05) is 26.5 Å². The molecule has 45 heavy (non-hydrogen) atoms. The molecule has 1 aliphatic rings. The molecule has 14 heteroatoms. The van der Waals surface area contributed by atoms with E-state index < -0.39 is 44.2 Å². The average molecular weight is 639 g/mol. The number of phenols is 1. The monoisotopic (exact) mass is 638 g/mol. The van der Waals surface area contributed by atoms with E-state index in [1.54, 1.807) is 30.6 Å². The number of carbonyl (C=O) groups is 1. The van der Waals surface area contributed by atoms with Gasteiger partial charge in [0.15, 0.2) is 26.3 Å². The molecule has 1 saturated heterocycles. The number of phenolic OH excluding ortho intramolecular Hbond substituents is 1. The first-order valence-electron chi connectivity index (χ1n) is 14.1. The molecule has 1 amide bonds. The van der Waals surface area contributed by atoms with Crippen molar-refractivity contribution in [3.63, 3.8) is 0 Å². The second-order valence-electron chi connectivity index (χ2n) is 11.3. The number of rotatable bonds is 6. The number of halogens is 2. The highest BCUT2D eigenvalue weighted by Gasteiger charge is 2.31. The number of nitrogens with zero attached hydrogens (tertiary/aromatic N) is 6. The van der Waals surface area contributed by atoms with Crippen LogP contribution in [0.25, 0.3) is 28.0 Å². The van der Waals surface area contributed by atoms with Crippen molar-refractivity contribution in [2.75, 3.05) is 30.8 Å². The molecule has 11 nitrogen and oxygen atoms in total. The van der Waals surface area contributed by atoms with Crippen LogP contribution in [0.1, 0.15) is 37.9 Å². The molecule has 3 aromatic heterocycles. The molecule has 4 aromatic rings. The van der Waals surface area contributed by atoms with Gasteiger partial charge in [-0.25, -0.2) is 36.5 Å². The SMILES string of the molecule is C=CC(=O)N1CCN(c2nc(=O)n(-c3c(C)cc(S(C)(=O)=O)nc3C(C)C)c3nc(-c4c(O)cccc4F)c(F)cc23)[C@@H](C)C1. The Morgan fingerprint density at radius 1 is 1.13 bits per heavy atom. The molecule has 5 rings (SSSR count). The van der Waals surface area contributed by atoms with E-state index in [-0.39, 0.29) is 70.8 Å². The predicted octanol–water partition coefficient (Wildman–Crippen LogP) is 3.88. The van der Waals surface area contributed by atoms with Gasteiger partial charge in [-0.05, 0) is 55.7 Å². The van der Waals surface area contributed by atoms with Gasteiger partial charge >= 0.3 is 5.69 Å². The van der Waals surface area contributed by atoms with Crippen LogP contribution < -0.4 is 10.6 Å². The summed E-state index contributed by atoms with van der Waals surface area (Å²) in [5.74, 6) is -3.00. The maximum atomic E-state index is 15.9. The maximum absolute atomic E-state index is 15.9. The topological polar surface area (TPSA) is 139 Å². The fourth-order valence-corrected chi connectivity index (χ4v) is 6.25. The Labute approximate surface area is 258 Å². The first kappa shape index (κ1) is 31.7. The van der Waals surface area contributed by atoms with Crippen LogP contribution in [-0.4, -0.2) is 75.8 Å². The normalized spacial score (nSPS) is 15.6. The summed E-state index contributed by atoms with van der Waals surface area (Å²) in [4.78, 5) is 42.9. The highest BCUT2D eigenvalue weighted by atomic mass is 32.2. The lowest BCUT2D eigenvalue weighted by Crippen LogP contribution is -2.54. The van der Waals surface area contributed by atoms with Crippen molar-refractivity contribution in [2.24, 2.45) is 0 Å². The second kappa shape index (κ2) is 11.7. The van der Waals surface area contributed by atoms with E-state index in [1.165, 1.54) is 24.3 Å². The third-order valence-corrected chi connectivity index (χ3v) is 8.72. The fourth-order valence-electron chi connectivity index (χ4n) is 5.59. The highest BCUT2D eigenvalue weighted by molar-refractivity contribution is 7.90. The molecule has 236 valence electrons. The molecule has 1 atom stereocenters. The summed E-state index contributed by atoms with van der Waals surface area (Å²) in [5, 5.41) is 10.4. The number of anilines is 1. The lowest BCUT2D eigenvalue weighted by Gasteiger charge is -2.40. The van der Waals surface area contributed by atoms with Gasteiger partial charge in [0.05, 0.1) is 22.3 Å². The molecular weight excluding hydrogens is 606 g/mol. The van der Waals surface area contributed by atoms with Crippen LogP contribution in [0.2, 0.25) is 0 Å². The van der Waals surface area contributed by atoms with E-state index in [4.69, 9.17) is 0 Å². The minimum Gasteiger partial charge on any atom is -0.507 e. The Kier molecular flexibility index (Phi) is 8.21. The molecule has 0 unspecified atom stereocenters. The molecule has 0 radical (unpaired) electrons. The second-order valence-corrected chi connectivity index (χ2v) is 13.3. The van der Waals surface area contributed by atoms with E-state index in [9.17, 15) is 27.5 Å². The van der Waals surface area contributed by atoms with Crippen molar-refractivity contribution in [1.29, 1.82) is 0 Å². The number of aromatic hydroxyl groups is 1. The number of aryl methyl sites for hydroxylation is 1. The summed E-state index contributed by atoms with van der Waals surface area (Å²) in [6.45, 7) is 11.3. The standard InChI is InChI=1S/C31H32F2N6O5S/c1-7-24(41)37-11-12-38(18(5)15-37)29-19-14-21(33)27(25-20(32)9-8-10-22(25)40)35-30(19)39(31(42)36-29)28-17(4)13-23(45(6,43)44)34-26(28)16(2)3/h7-10,13-14,16,18,40H,1,11-12,15H2,2-6H3/t18-/m0/s1. The van der Waals surface area contributed by atoms with Crippen LogP contribution in [0.5, 0.6) is 5.75 Å². The Morgan fingerprint density at radius 3 is 2.44 bits per heavy atom. The zero-order valence-electron chi connectivity index (χ0n) is 25.4. The smallest absolute Gasteiger partial charge is 0.355 e. The number of hydrogen-bond donors (Lipinski definition) is 1. The lowest BCUT2D eigenvalue weighted by atomic mass is 10.0. The minimum atomic E-state index is -3.72. The first-order valence-corrected chi connectivity index (χ1v) is 16.0. The van der Waals surface area contributed by atoms with E-state index in [0.29, 0.717) is 5.56 Å². The van der Waals surface area contributed by atoms with Gasteiger partial charge in [-0.2, -0.15) is 4.98 Å². The number of benzene rings is 1. The zero-order valence-corrected chi connectivity index (χ0v) is 26.2. The molecule has 0 saturated carbocycles. The van der Waals surface area contributed by atoms with Crippen molar-refractivity contribution in [3.05, 3.63) is 76.4 Å². The summed E-state index contributed by atoms with van der Waals surface area (Å²) >= 11 is 0. The lowest BCUT2D eigenvalue weighted by molar-refractivity contribution is -0.126. The van der Waals surface area contributed by atoms with Crippen LogP contribution in [-0.2, 0) is 14.6 Å². The summed E-state index contributed by atoms with van der Waals surface area (Å²) < 4.78 is 56.9. The average Bonchev–Trinajstić information content (AvgIpc) is 2.96. The molecule has 1 aliphatic heterocycles. The van der Waals surface area contributed by atoms with Crippen molar-refractivity contribution >= 4 is 32.6 Å². The Balaban J connectivity index is 1.87. The number of carbonyl (C=O) groups excluding carboxylic acids is 1. The van der Waals surface area contributed by atoms with E-state index in [2.05, 4.69) is 21.5 Å². The maximum Gasteiger partial charge on any atom is 0.355 e. The van der Waals surface area contributed by atoms with Gasteiger partial charge in [0, 0.05) is 31.9 Å². The fraction of sp³-hybridized carbons (Fsp3) is 0.323. The molecule has 1 aromatic carbocycles. The van der Waals surface area contributed by atoms with Gasteiger partial charge in [0.25, 0.3) is 0 Å². The third kappa shape index (κ3) is 5.65. The summed E-state index contributed by atoms with van der Waals surface area (Å²) in [6.07, 6.45) is 2.24. The minimum absolute atomic E-state index is 0.100. The van der Waals surface area contributed by atoms with Crippen LogP contribution in [0.3, 0.4) is 0 Å². The number of aromatic nitrogens is 4. The van der Waals surface area contributed by atoms with Crippen molar-refractivity contribution in [2.45, 2.75) is 44.7 Å². The molecule has 0 aliphatic carbocycles. The molecule has 0 bridgehead atoms. The summed E-state index contributed by atoms with van der Waals surface area (Å²) in [7, 11) is -3.72. The number of hydrogen-bond acceptors (Lipinski definition) is 9. The number of piperazine rings is 1. The van der Waals surface area contributed by atoms with Crippen molar-refractivity contribution in [1.82, 2.24) is 24.4 Å². The number of amides is 1. The molecule has 4 heterocycles. The quantitative estimate of drug-likeness (QED) is 0.312. The summed E-state index contributed by atoms with van der Waals surface area (Å²) in [6, 6.07) is 5.56. The van der Waals surface area contributed by atoms with Gasteiger partial charge < -0.3 is 14.9 Å². The zero-order chi connectivity index (χ0) is 33.0. The molecule has 0 spiro atoms. The van der Waals surface area contributed by atoms with Gasteiger partial charge in [0.1, 0.15) is 23.1 Å². The van der Waals surface area contributed by atoms with Crippen molar-refractivity contribution < 1.29 is 27.1 Å². The van der Waals surface area contributed by atoms with Crippen LogP contribution in [0.4, 0.5) is 14.6 Å². The van der Waals surface area contributed by atoms with Gasteiger partial charge in [-0.3, -0.25) is 4.79 Å². The van der Waals surface area contributed by atoms with Crippen LogP contribution in [0.15, 0.2) is 52.8 Å². The van der Waals surface area contributed by atoms with Crippen LogP contribution in [0, 0.1) is 18.6 Å². The van der Waals surface area contributed by atoms with E-state index >= 15 is 4.39 Å². The summed E-state index contributed by atoms with van der Waals surface area (Å²) in [5.41, 5.74) is -1.16. The number of sulfone groups is 1. The Bertz CT molecular complexity index is 2030. The van der Waals surface area contributed by atoms with Gasteiger partial charge in [0.2, 0.25) is 5.91 Å². The van der Waals surface area contributed by atoms with Crippen molar-refractivity contribution in [3.8, 4) is 22.7 Å². The predicted molar refractivity (Wildman–Crippen MR) is 165 cm³/mol. The first-order chi connectivity index (χ1) is 21.1. The largest absolute Gasteiger partial charge is 0.507 e. The van der Waals surface area contributed by atoms with E-state index in [1.807, 2.05) is 6.92 Å². The number of pyridine rings is 2. The number of fused-ring (bicyclic) bond motifs is 1. The highest BCUT2D eigenvalue weighted by Crippen LogP contribution is 2.37. The molecular formula is C31H32F2N6O5S. The molecule has 1 fully saturated rings. The molecule has 1 N–H and O–H groups in total. The Morgan fingerprint density at radius 2 is 1.84 bits per heavy atom. The van der Waals surface area contributed by atoms with Crippen LogP contribution >= 0.6 is 0 Å². The Hall–Kier alpha value is -4.72.